The second kappa shape index (κ2) is 7.91. The molecule has 1 heterocycles. The van der Waals surface area contributed by atoms with E-state index in [1.165, 1.54) is 24.7 Å². The lowest BCUT2D eigenvalue weighted by atomic mass is 10.2. The Hall–Kier alpha value is -3.69. The van der Waals surface area contributed by atoms with Gasteiger partial charge in [0.25, 0.3) is 0 Å². The molecular weight excluding hydrogens is 380 g/mol. The van der Waals surface area contributed by atoms with Crippen molar-refractivity contribution in [2.24, 2.45) is 0 Å². The van der Waals surface area contributed by atoms with Gasteiger partial charge in [0.15, 0.2) is 0 Å². The lowest BCUT2D eigenvalue weighted by molar-refractivity contribution is -0.139. The number of carbonyl (C=O) groups excluding carboxylic acids is 1. The zero-order valence-corrected chi connectivity index (χ0v) is 14.0. The number of hydrogen-bond acceptors (Lipinski definition) is 4. The monoisotopic (exact) mass is 392 g/mol. The van der Waals surface area contributed by atoms with Crippen molar-refractivity contribution in [2.75, 3.05) is 10.6 Å². The molecule has 2 N–H and O–H groups in total. The molecule has 28 heavy (non-hydrogen) atoms. The maximum absolute atomic E-state index is 13.3. The van der Waals surface area contributed by atoms with E-state index in [0.29, 0.717) is 29.4 Å². The van der Waals surface area contributed by atoms with Gasteiger partial charge in [-0.2, -0.15) is 13.2 Å². The predicted molar refractivity (Wildman–Crippen MR) is 92.6 cm³/mol. The third-order valence-corrected chi connectivity index (χ3v) is 3.42. The molecule has 1 aromatic heterocycles. The largest absolute Gasteiger partial charge is 0.439 e. The minimum Gasteiger partial charge on any atom is -0.439 e. The minimum atomic E-state index is -4.86. The van der Waals surface area contributed by atoms with Gasteiger partial charge in [-0.3, -0.25) is 0 Å². The van der Waals surface area contributed by atoms with E-state index >= 15 is 0 Å². The summed E-state index contributed by atoms with van der Waals surface area (Å²) in [5.74, 6) is -0.624. The first-order valence-corrected chi connectivity index (χ1v) is 7.80. The Morgan fingerprint density at radius 3 is 2.29 bits per heavy atom. The summed E-state index contributed by atoms with van der Waals surface area (Å²) in [5.41, 5.74) is -1.29. The number of anilines is 2. The lowest BCUT2D eigenvalue weighted by Gasteiger charge is -2.12. The molecule has 3 aromatic rings. The lowest BCUT2D eigenvalue weighted by Crippen LogP contribution is -2.20. The summed E-state index contributed by atoms with van der Waals surface area (Å²) in [6, 6.07) is 9.16. The highest BCUT2D eigenvalue weighted by Crippen LogP contribution is 2.33. The van der Waals surface area contributed by atoms with Gasteiger partial charge >= 0.3 is 12.2 Å². The fourth-order valence-corrected chi connectivity index (χ4v) is 2.18. The molecule has 0 unspecified atom stereocenters. The molecular formula is C18H12F4N4O2. The number of alkyl halides is 3. The summed E-state index contributed by atoms with van der Waals surface area (Å²) in [4.78, 5) is 19.6. The van der Waals surface area contributed by atoms with Crippen LogP contribution in [-0.2, 0) is 6.18 Å². The molecule has 0 atom stereocenters. The van der Waals surface area contributed by atoms with Crippen molar-refractivity contribution >= 4 is 17.4 Å². The summed E-state index contributed by atoms with van der Waals surface area (Å²) in [6.07, 6.45) is -2.02. The van der Waals surface area contributed by atoms with Crippen LogP contribution in [0.2, 0.25) is 0 Å². The van der Waals surface area contributed by atoms with Crippen LogP contribution in [0, 0.1) is 5.82 Å². The molecule has 0 radical (unpaired) electrons. The number of benzene rings is 2. The van der Waals surface area contributed by atoms with Gasteiger partial charge in [-0.15, -0.1) is 0 Å². The maximum Gasteiger partial charge on any atom is 0.419 e. The summed E-state index contributed by atoms with van der Waals surface area (Å²) in [5, 5.41) is 4.67. The zero-order valence-electron chi connectivity index (χ0n) is 14.0. The van der Waals surface area contributed by atoms with Crippen LogP contribution in [0.3, 0.4) is 0 Å². The van der Waals surface area contributed by atoms with Crippen molar-refractivity contribution in [3.63, 3.8) is 0 Å². The van der Waals surface area contributed by atoms with Crippen molar-refractivity contribution in [2.45, 2.75) is 6.18 Å². The first-order chi connectivity index (χ1) is 13.3. The molecule has 0 saturated carbocycles. The molecule has 2 aromatic carbocycles. The molecule has 3 rings (SSSR count). The number of halogens is 4. The Labute approximate surface area is 156 Å². The highest BCUT2D eigenvalue weighted by atomic mass is 19.4. The quantitative estimate of drug-likeness (QED) is 0.608. The average Bonchev–Trinajstić information content (AvgIpc) is 2.65. The fourth-order valence-electron chi connectivity index (χ4n) is 2.18. The number of amides is 2. The Bertz CT molecular complexity index is 964. The van der Waals surface area contributed by atoms with Gasteiger partial charge in [0, 0.05) is 23.6 Å². The number of ether oxygens (including phenoxy) is 1. The SMILES string of the molecule is O=C(Nc1ccc(Oc2ccncn2)cc1)Nc1ccc(F)c(C(F)(F)F)c1. The molecule has 144 valence electrons. The Balaban J connectivity index is 1.62. The number of carbonyl (C=O) groups is 1. The van der Waals surface area contributed by atoms with Gasteiger partial charge in [0.2, 0.25) is 5.88 Å². The fraction of sp³-hybridized carbons (Fsp3) is 0.0556. The van der Waals surface area contributed by atoms with Crippen LogP contribution in [-0.4, -0.2) is 16.0 Å². The van der Waals surface area contributed by atoms with Gasteiger partial charge in [0.1, 0.15) is 17.9 Å². The summed E-state index contributed by atoms with van der Waals surface area (Å²) >= 11 is 0. The van der Waals surface area contributed by atoms with Gasteiger partial charge in [0.05, 0.1) is 5.56 Å². The van der Waals surface area contributed by atoms with Crippen LogP contribution in [0.1, 0.15) is 5.56 Å². The second-order valence-electron chi connectivity index (χ2n) is 5.45. The smallest absolute Gasteiger partial charge is 0.419 e. The van der Waals surface area contributed by atoms with Crippen molar-refractivity contribution in [1.29, 1.82) is 0 Å². The number of nitrogens with zero attached hydrogens (tertiary/aromatic N) is 2. The summed E-state index contributed by atoms with van der Waals surface area (Å²) in [6.45, 7) is 0. The van der Waals surface area contributed by atoms with Crippen molar-refractivity contribution in [1.82, 2.24) is 9.97 Å². The third-order valence-electron chi connectivity index (χ3n) is 3.42. The molecule has 10 heteroatoms. The highest BCUT2D eigenvalue weighted by Gasteiger charge is 2.34. The number of hydrogen-bond donors (Lipinski definition) is 2. The van der Waals surface area contributed by atoms with E-state index in [4.69, 9.17) is 4.74 Å². The normalized spacial score (nSPS) is 11.0. The molecule has 0 saturated heterocycles. The third kappa shape index (κ3) is 4.93. The van der Waals surface area contributed by atoms with Gasteiger partial charge in [-0.1, -0.05) is 0 Å². The molecule has 0 fully saturated rings. The Kier molecular flexibility index (Phi) is 5.39. The standard InChI is InChI=1S/C18H12F4N4O2/c19-15-6-3-12(9-14(15)18(20,21)22)26-17(27)25-11-1-4-13(5-2-11)28-16-7-8-23-10-24-16/h1-10H,(H2,25,26,27). The molecule has 6 nitrogen and oxygen atoms in total. The molecule has 0 aliphatic carbocycles. The van der Waals surface area contributed by atoms with Gasteiger partial charge in [-0.05, 0) is 42.5 Å². The number of urea groups is 1. The van der Waals surface area contributed by atoms with E-state index in [9.17, 15) is 22.4 Å². The van der Waals surface area contributed by atoms with Crippen LogP contribution >= 0.6 is 0 Å². The zero-order chi connectivity index (χ0) is 20.1. The van der Waals surface area contributed by atoms with Gasteiger partial charge < -0.3 is 15.4 Å². The van der Waals surface area contributed by atoms with Crippen LogP contribution in [0.25, 0.3) is 0 Å². The Morgan fingerprint density at radius 2 is 1.64 bits per heavy atom. The molecule has 0 bridgehead atoms. The van der Waals surface area contributed by atoms with E-state index in [2.05, 4.69) is 20.6 Å². The van der Waals surface area contributed by atoms with E-state index < -0.39 is 23.6 Å². The van der Waals surface area contributed by atoms with E-state index in [1.54, 1.807) is 18.2 Å². The van der Waals surface area contributed by atoms with Crippen LogP contribution < -0.4 is 15.4 Å². The molecule has 0 spiro atoms. The van der Waals surface area contributed by atoms with Crippen LogP contribution in [0.4, 0.5) is 33.7 Å². The minimum absolute atomic E-state index is 0.199. The van der Waals surface area contributed by atoms with Crippen LogP contribution in [0.5, 0.6) is 11.6 Å². The van der Waals surface area contributed by atoms with Crippen LogP contribution in [0.15, 0.2) is 61.1 Å². The Morgan fingerprint density at radius 1 is 0.964 bits per heavy atom. The molecule has 2 amide bonds. The highest BCUT2D eigenvalue weighted by molar-refractivity contribution is 5.99. The van der Waals surface area contributed by atoms with Crippen molar-refractivity contribution in [3.8, 4) is 11.6 Å². The van der Waals surface area contributed by atoms with Crippen molar-refractivity contribution in [3.05, 3.63) is 72.4 Å². The van der Waals surface area contributed by atoms with E-state index in [-0.39, 0.29) is 5.69 Å². The van der Waals surface area contributed by atoms with E-state index in [1.807, 2.05) is 0 Å². The second-order valence-corrected chi connectivity index (χ2v) is 5.45. The summed E-state index contributed by atoms with van der Waals surface area (Å²) < 4.78 is 56.9. The number of aromatic nitrogens is 2. The number of nitrogens with one attached hydrogen (secondary N) is 2. The first kappa shape index (κ1) is 19.1. The first-order valence-electron chi connectivity index (χ1n) is 7.80. The average molecular weight is 392 g/mol. The maximum atomic E-state index is 13.3. The summed E-state index contributed by atoms with van der Waals surface area (Å²) in [7, 11) is 0. The van der Waals surface area contributed by atoms with Gasteiger partial charge in [-0.25, -0.2) is 19.2 Å². The molecule has 0 aliphatic heterocycles. The predicted octanol–water partition coefficient (Wildman–Crippen LogP) is 5.07. The molecule has 0 aliphatic rings. The topological polar surface area (TPSA) is 76.1 Å². The number of rotatable bonds is 4. The van der Waals surface area contributed by atoms with E-state index in [0.717, 1.165) is 6.07 Å². The van der Waals surface area contributed by atoms with Crippen molar-refractivity contribution < 1.29 is 27.1 Å².